The zero-order valence-corrected chi connectivity index (χ0v) is 15.3. The summed E-state index contributed by atoms with van der Waals surface area (Å²) in [5, 5.41) is 0. The van der Waals surface area contributed by atoms with Gasteiger partial charge in [-0.05, 0) is 54.4 Å². The predicted octanol–water partition coefficient (Wildman–Crippen LogP) is 3.69. The third kappa shape index (κ3) is 3.44. The number of nitrogens with one attached hydrogen (secondary N) is 1. The van der Waals surface area contributed by atoms with E-state index in [9.17, 15) is 13.2 Å². The zero-order valence-electron chi connectivity index (χ0n) is 14.5. The molecule has 27 heavy (non-hydrogen) atoms. The Labute approximate surface area is 158 Å². The lowest BCUT2D eigenvalue weighted by Crippen LogP contribution is -2.28. The van der Waals surface area contributed by atoms with Crippen molar-refractivity contribution in [1.29, 1.82) is 0 Å². The van der Waals surface area contributed by atoms with Gasteiger partial charge in [0.25, 0.3) is 15.9 Å². The molecule has 1 heterocycles. The van der Waals surface area contributed by atoms with Crippen molar-refractivity contribution >= 4 is 27.3 Å². The van der Waals surface area contributed by atoms with Crippen LogP contribution in [0, 0.1) is 0 Å². The second kappa shape index (κ2) is 6.89. The molecule has 136 valence electrons. The number of benzene rings is 3. The van der Waals surface area contributed by atoms with Crippen LogP contribution in [0.2, 0.25) is 0 Å². The molecule has 1 N–H and O–H groups in total. The minimum atomic E-state index is -3.70. The highest BCUT2D eigenvalue weighted by atomic mass is 32.2. The van der Waals surface area contributed by atoms with Gasteiger partial charge in [0.2, 0.25) is 0 Å². The monoisotopic (exact) mass is 378 g/mol. The van der Waals surface area contributed by atoms with E-state index in [0.717, 1.165) is 17.7 Å². The van der Waals surface area contributed by atoms with Gasteiger partial charge in [-0.3, -0.25) is 9.52 Å². The minimum Gasteiger partial charge on any atom is -0.308 e. The fraction of sp³-hybridized carbons (Fsp3) is 0.0952. The quantitative estimate of drug-likeness (QED) is 0.753. The van der Waals surface area contributed by atoms with Gasteiger partial charge in [-0.1, -0.05) is 36.4 Å². The number of amides is 1. The first-order chi connectivity index (χ1) is 13.0. The highest BCUT2D eigenvalue weighted by molar-refractivity contribution is 7.92. The van der Waals surface area contributed by atoms with Gasteiger partial charge in [0.1, 0.15) is 0 Å². The molecule has 4 rings (SSSR count). The Hall–Kier alpha value is -3.12. The second-order valence-corrected chi connectivity index (χ2v) is 8.01. The molecule has 0 bridgehead atoms. The van der Waals surface area contributed by atoms with Gasteiger partial charge in [-0.15, -0.1) is 0 Å². The Kier molecular flexibility index (Phi) is 4.41. The first kappa shape index (κ1) is 17.3. The van der Waals surface area contributed by atoms with Gasteiger partial charge in [-0.2, -0.15) is 0 Å². The van der Waals surface area contributed by atoms with Crippen molar-refractivity contribution < 1.29 is 13.2 Å². The number of carbonyl (C=O) groups excluding carboxylic acids is 1. The Morgan fingerprint density at radius 3 is 2.26 bits per heavy atom. The highest BCUT2D eigenvalue weighted by Gasteiger charge is 2.25. The third-order valence-corrected chi connectivity index (χ3v) is 5.97. The van der Waals surface area contributed by atoms with Crippen LogP contribution in [-0.4, -0.2) is 20.9 Å². The zero-order chi connectivity index (χ0) is 18.9. The number of anilines is 2. The molecule has 0 aliphatic carbocycles. The van der Waals surface area contributed by atoms with Gasteiger partial charge in [0, 0.05) is 23.5 Å². The van der Waals surface area contributed by atoms with Crippen LogP contribution in [-0.2, 0) is 16.4 Å². The molecular weight excluding hydrogens is 360 g/mol. The molecule has 1 amide bonds. The molecule has 3 aromatic rings. The van der Waals surface area contributed by atoms with Crippen molar-refractivity contribution in [2.75, 3.05) is 16.2 Å². The summed E-state index contributed by atoms with van der Waals surface area (Å²) >= 11 is 0. The fourth-order valence-electron chi connectivity index (χ4n) is 3.20. The number of carbonyl (C=O) groups is 1. The summed E-state index contributed by atoms with van der Waals surface area (Å²) in [5.74, 6) is -0.125. The fourth-order valence-corrected chi connectivity index (χ4v) is 4.26. The number of fused-ring (bicyclic) bond motifs is 1. The summed E-state index contributed by atoms with van der Waals surface area (Å²) in [5.41, 5.74) is 3.03. The van der Waals surface area contributed by atoms with Crippen LogP contribution in [0.25, 0.3) is 0 Å². The molecule has 0 fully saturated rings. The van der Waals surface area contributed by atoms with Gasteiger partial charge < -0.3 is 4.90 Å². The topological polar surface area (TPSA) is 66.5 Å². The van der Waals surface area contributed by atoms with Crippen LogP contribution >= 0.6 is 0 Å². The number of rotatable bonds is 4. The van der Waals surface area contributed by atoms with Gasteiger partial charge in [0.15, 0.2) is 0 Å². The number of para-hydroxylation sites is 2. The van der Waals surface area contributed by atoms with Crippen molar-refractivity contribution in [2.45, 2.75) is 11.3 Å². The Morgan fingerprint density at radius 1 is 0.852 bits per heavy atom. The van der Waals surface area contributed by atoms with E-state index >= 15 is 0 Å². The van der Waals surface area contributed by atoms with Crippen LogP contribution in [0.5, 0.6) is 0 Å². The normalized spacial score (nSPS) is 13.3. The minimum absolute atomic E-state index is 0.115. The average molecular weight is 378 g/mol. The Morgan fingerprint density at radius 2 is 1.52 bits per heavy atom. The van der Waals surface area contributed by atoms with E-state index < -0.39 is 10.0 Å². The van der Waals surface area contributed by atoms with E-state index in [-0.39, 0.29) is 10.8 Å². The van der Waals surface area contributed by atoms with Crippen LogP contribution in [0.3, 0.4) is 0 Å². The number of hydrogen-bond donors (Lipinski definition) is 1. The predicted molar refractivity (Wildman–Crippen MR) is 106 cm³/mol. The van der Waals surface area contributed by atoms with E-state index in [1.165, 1.54) is 12.1 Å². The molecule has 3 aromatic carbocycles. The molecule has 6 heteroatoms. The van der Waals surface area contributed by atoms with Crippen molar-refractivity contribution in [1.82, 2.24) is 0 Å². The summed E-state index contributed by atoms with van der Waals surface area (Å²) in [7, 11) is -3.70. The molecule has 0 saturated heterocycles. The van der Waals surface area contributed by atoms with Crippen LogP contribution < -0.4 is 9.62 Å². The Bertz CT molecular complexity index is 1080. The maximum atomic E-state index is 12.8. The SMILES string of the molecule is O=C(c1ccc(S(=O)(=O)Nc2ccccc2)cc1)N1CCc2ccccc21. The molecule has 0 radical (unpaired) electrons. The molecule has 0 spiro atoms. The van der Waals surface area contributed by atoms with Crippen molar-refractivity contribution in [3.05, 3.63) is 90.0 Å². The number of nitrogens with zero attached hydrogens (tertiary/aromatic N) is 1. The molecule has 0 unspecified atom stereocenters. The van der Waals surface area contributed by atoms with Crippen LogP contribution in [0.1, 0.15) is 15.9 Å². The van der Waals surface area contributed by atoms with Gasteiger partial charge >= 0.3 is 0 Å². The van der Waals surface area contributed by atoms with E-state index in [2.05, 4.69) is 4.72 Å². The number of hydrogen-bond acceptors (Lipinski definition) is 3. The highest BCUT2D eigenvalue weighted by Crippen LogP contribution is 2.29. The summed E-state index contributed by atoms with van der Waals surface area (Å²) < 4.78 is 27.5. The maximum absolute atomic E-state index is 12.8. The molecule has 5 nitrogen and oxygen atoms in total. The lowest BCUT2D eigenvalue weighted by Gasteiger charge is -2.17. The molecular formula is C21H18N2O3S. The lowest BCUT2D eigenvalue weighted by atomic mass is 10.1. The lowest BCUT2D eigenvalue weighted by molar-refractivity contribution is 0.0989. The van der Waals surface area contributed by atoms with E-state index in [4.69, 9.17) is 0 Å². The average Bonchev–Trinajstić information content (AvgIpc) is 3.12. The summed E-state index contributed by atoms with van der Waals surface area (Å²) in [4.78, 5) is 14.7. The van der Waals surface area contributed by atoms with Crippen molar-refractivity contribution in [2.24, 2.45) is 0 Å². The van der Waals surface area contributed by atoms with E-state index in [1.54, 1.807) is 41.3 Å². The molecule has 1 aliphatic rings. The van der Waals surface area contributed by atoms with Gasteiger partial charge in [-0.25, -0.2) is 8.42 Å². The summed E-state index contributed by atoms with van der Waals surface area (Å²) in [6, 6.07) is 22.6. The number of sulfonamides is 1. The van der Waals surface area contributed by atoms with E-state index in [1.807, 2.05) is 30.3 Å². The van der Waals surface area contributed by atoms with Crippen LogP contribution in [0.15, 0.2) is 83.8 Å². The molecule has 0 saturated carbocycles. The first-order valence-corrected chi connectivity index (χ1v) is 10.1. The second-order valence-electron chi connectivity index (χ2n) is 6.33. The van der Waals surface area contributed by atoms with E-state index in [0.29, 0.717) is 17.8 Å². The molecule has 1 aliphatic heterocycles. The third-order valence-electron chi connectivity index (χ3n) is 4.57. The maximum Gasteiger partial charge on any atom is 0.261 e. The van der Waals surface area contributed by atoms with Crippen molar-refractivity contribution in [3.8, 4) is 0 Å². The molecule has 0 atom stereocenters. The molecule has 0 aromatic heterocycles. The standard InChI is InChI=1S/C21H18N2O3S/c24-21(23-15-14-16-6-4-5-9-20(16)23)17-10-12-19(13-11-17)27(25,26)22-18-7-2-1-3-8-18/h1-13,22H,14-15H2. The van der Waals surface area contributed by atoms with Crippen LogP contribution in [0.4, 0.5) is 11.4 Å². The first-order valence-electron chi connectivity index (χ1n) is 8.62. The van der Waals surface area contributed by atoms with Crippen molar-refractivity contribution in [3.63, 3.8) is 0 Å². The summed E-state index contributed by atoms with van der Waals surface area (Å²) in [6.45, 7) is 0.633. The largest absolute Gasteiger partial charge is 0.308 e. The smallest absolute Gasteiger partial charge is 0.261 e. The summed E-state index contributed by atoms with van der Waals surface area (Å²) in [6.07, 6.45) is 0.829. The van der Waals surface area contributed by atoms with Gasteiger partial charge in [0.05, 0.1) is 4.90 Å². The Balaban J connectivity index is 1.55.